The first kappa shape index (κ1) is 16.1. The Balaban J connectivity index is 1.63. The largest absolute Gasteiger partial charge is 0.329 e. The summed E-state index contributed by atoms with van der Waals surface area (Å²) in [5.74, 6) is 0.363. The fourth-order valence-electron chi connectivity index (χ4n) is 3.20. The van der Waals surface area contributed by atoms with Gasteiger partial charge in [0.2, 0.25) is 5.91 Å². The lowest BCUT2D eigenvalue weighted by atomic mass is 10.0. The van der Waals surface area contributed by atoms with Gasteiger partial charge in [-0.25, -0.2) is 0 Å². The summed E-state index contributed by atoms with van der Waals surface area (Å²) >= 11 is 1.50. The summed E-state index contributed by atoms with van der Waals surface area (Å²) in [5, 5.41) is 6.19. The van der Waals surface area contributed by atoms with Crippen LogP contribution < -0.4 is 10.6 Å². The number of thioether (sulfide) groups is 1. The molecule has 0 bridgehead atoms. The van der Waals surface area contributed by atoms with Crippen molar-refractivity contribution in [2.75, 3.05) is 30.7 Å². The molecule has 0 saturated carbocycles. The number of carbonyl (C=O) groups is 2. The maximum absolute atomic E-state index is 13.1. The minimum atomic E-state index is -0.0463. The van der Waals surface area contributed by atoms with Crippen LogP contribution >= 0.6 is 11.8 Å². The Morgan fingerprint density at radius 3 is 3.08 bits per heavy atom. The first-order valence-electron chi connectivity index (χ1n) is 8.21. The lowest BCUT2D eigenvalue weighted by Crippen LogP contribution is -2.48. The van der Waals surface area contributed by atoms with Gasteiger partial charge < -0.3 is 15.5 Å². The van der Waals surface area contributed by atoms with E-state index in [-0.39, 0.29) is 17.9 Å². The van der Waals surface area contributed by atoms with E-state index in [2.05, 4.69) is 15.6 Å². The van der Waals surface area contributed by atoms with Gasteiger partial charge in [0, 0.05) is 42.5 Å². The molecule has 3 heterocycles. The molecular weight excluding hydrogens is 336 g/mol. The van der Waals surface area contributed by atoms with Crippen LogP contribution in [0.5, 0.6) is 0 Å². The lowest BCUT2D eigenvalue weighted by Gasteiger charge is -2.36. The molecule has 6 nitrogen and oxygen atoms in total. The minimum absolute atomic E-state index is 0.0250. The number of aromatic nitrogens is 1. The number of fused-ring (bicyclic) bond motifs is 1. The second kappa shape index (κ2) is 6.85. The number of amides is 2. The molecule has 2 aliphatic rings. The van der Waals surface area contributed by atoms with Crippen molar-refractivity contribution in [1.82, 2.24) is 15.2 Å². The van der Waals surface area contributed by atoms with Gasteiger partial charge in [-0.15, -0.1) is 11.8 Å². The molecule has 7 heteroatoms. The van der Waals surface area contributed by atoms with E-state index < -0.39 is 0 Å². The number of rotatable bonds is 2. The highest BCUT2D eigenvalue weighted by Gasteiger charge is 2.29. The molecule has 1 aromatic heterocycles. The van der Waals surface area contributed by atoms with Crippen molar-refractivity contribution >= 4 is 29.3 Å². The van der Waals surface area contributed by atoms with Crippen LogP contribution in [0.3, 0.4) is 0 Å². The van der Waals surface area contributed by atoms with Crippen LogP contribution in [-0.4, -0.2) is 47.1 Å². The highest BCUT2D eigenvalue weighted by Crippen LogP contribution is 2.33. The van der Waals surface area contributed by atoms with Crippen LogP contribution in [0, 0.1) is 0 Å². The Kier molecular flexibility index (Phi) is 4.42. The molecule has 1 aromatic carbocycles. The van der Waals surface area contributed by atoms with E-state index in [0.717, 1.165) is 22.7 Å². The number of pyridine rings is 1. The lowest BCUT2D eigenvalue weighted by molar-refractivity contribution is -0.113. The van der Waals surface area contributed by atoms with Gasteiger partial charge in [-0.05, 0) is 29.8 Å². The van der Waals surface area contributed by atoms with Gasteiger partial charge in [-0.2, -0.15) is 0 Å². The van der Waals surface area contributed by atoms with E-state index in [9.17, 15) is 9.59 Å². The third-order valence-electron chi connectivity index (χ3n) is 4.43. The molecule has 2 aliphatic heterocycles. The number of nitrogens with one attached hydrogen (secondary N) is 2. The Morgan fingerprint density at radius 2 is 2.24 bits per heavy atom. The van der Waals surface area contributed by atoms with Crippen molar-refractivity contribution in [3.63, 3.8) is 0 Å². The number of piperazine rings is 1. The molecule has 1 atom stereocenters. The van der Waals surface area contributed by atoms with Crippen LogP contribution in [0.4, 0.5) is 5.69 Å². The standard InChI is InChI=1S/C18H18N4O2S/c23-17-11-25-16-4-3-12(8-14(16)21-17)18(24)22-7-6-20-10-15(22)13-2-1-5-19-9-13/h1-5,8-9,15,20H,6-7,10-11H2,(H,21,23). The number of anilines is 1. The summed E-state index contributed by atoms with van der Waals surface area (Å²) in [6.45, 7) is 2.10. The van der Waals surface area contributed by atoms with Gasteiger partial charge >= 0.3 is 0 Å². The van der Waals surface area contributed by atoms with Crippen LogP contribution in [0.1, 0.15) is 22.0 Å². The van der Waals surface area contributed by atoms with Gasteiger partial charge in [-0.1, -0.05) is 6.07 Å². The third-order valence-corrected chi connectivity index (χ3v) is 5.51. The van der Waals surface area contributed by atoms with E-state index in [4.69, 9.17) is 0 Å². The van der Waals surface area contributed by atoms with E-state index in [0.29, 0.717) is 24.4 Å². The Hall–Kier alpha value is -2.38. The third kappa shape index (κ3) is 3.25. The predicted molar refractivity (Wildman–Crippen MR) is 96.7 cm³/mol. The summed E-state index contributed by atoms with van der Waals surface area (Å²) in [6.07, 6.45) is 3.54. The van der Waals surface area contributed by atoms with Crippen molar-refractivity contribution in [3.8, 4) is 0 Å². The molecule has 1 fully saturated rings. The molecule has 2 aromatic rings. The zero-order valence-electron chi connectivity index (χ0n) is 13.6. The highest BCUT2D eigenvalue weighted by molar-refractivity contribution is 8.00. The minimum Gasteiger partial charge on any atom is -0.329 e. The Bertz CT molecular complexity index is 812. The second-order valence-electron chi connectivity index (χ2n) is 6.05. The first-order valence-corrected chi connectivity index (χ1v) is 9.19. The zero-order chi connectivity index (χ0) is 17.2. The second-order valence-corrected chi connectivity index (χ2v) is 7.07. The molecule has 4 rings (SSSR count). The molecular formula is C18H18N4O2S. The van der Waals surface area contributed by atoms with Crippen LogP contribution in [0.2, 0.25) is 0 Å². The molecule has 128 valence electrons. The molecule has 1 saturated heterocycles. The van der Waals surface area contributed by atoms with Crippen LogP contribution in [0.15, 0.2) is 47.6 Å². The predicted octanol–water partition coefficient (Wildman–Crippen LogP) is 1.91. The Morgan fingerprint density at radius 1 is 1.32 bits per heavy atom. The van der Waals surface area contributed by atoms with Crippen LogP contribution in [-0.2, 0) is 4.79 Å². The fourth-order valence-corrected chi connectivity index (χ4v) is 3.99. The summed E-state index contributed by atoms with van der Waals surface area (Å²) < 4.78 is 0. The average molecular weight is 354 g/mol. The summed E-state index contributed by atoms with van der Waals surface area (Å²) in [6, 6.07) is 9.37. The molecule has 2 amide bonds. The maximum atomic E-state index is 13.1. The number of carbonyl (C=O) groups excluding carboxylic acids is 2. The van der Waals surface area contributed by atoms with Crippen LogP contribution in [0.25, 0.3) is 0 Å². The van der Waals surface area contributed by atoms with Crippen molar-refractivity contribution in [3.05, 3.63) is 53.9 Å². The molecule has 25 heavy (non-hydrogen) atoms. The van der Waals surface area contributed by atoms with Crippen molar-refractivity contribution < 1.29 is 9.59 Å². The normalized spacial score (nSPS) is 19.9. The maximum Gasteiger partial charge on any atom is 0.254 e. The van der Waals surface area contributed by atoms with Gasteiger partial charge in [0.05, 0.1) is 17.5 Å². The van der Waals surface area contributed by atoms with E-state index >= 15 is 0 Å². The quantitative estimate of drug-likeness (QED) is 0.862. The van der Waals surface area contributed by atoms with Crippen molar-refractivity contribution in [1.29, 1.82) is 0 Å². The fraction of sp³-hybridized carbons (Fsp3) is 0.278. The number of hydrogen-bond acceptors (Lipinski definition) is 5. The number of nitrogens with zero attached hydrogens (tertiary/aromatic N) is 2. The zero-order valence-corrected chi connectivity index (χ0v) is 14.4. The average Bonchev–Trinajstić information content (AvgIpc) is 2.67. The van der Waals surface area contributed by atoms with Gasteiger partial charge in [0.15, 0.2) is 0 Å². The summed E-state index contributed by atoms with van der Waals surface area (Å²) in [4.78, 5) is 31.8. The molecule has 0 aliphatic carbocycles. The molecule has 2 N–H and O–H groups in total. The number of hydrogen-bond donors (Lipinski definition) is 2. The van der Waals surface area contributed by atoms with Gasteiger partial charge in [0.25, 0.3) is 5.91 Å². The van der Waals surface area contributed by atoms with Gasteiger partial charge in [-0.3, -0.25) is 14.6 Å². The molecule has 1 unspecified atom stereocenters. The molecule has 0 radical (unpaired) electrons. The summed E-state index contributed by atoms with van der Waals surface area (Å²) in [7, 11) is 0. The smallest absolute Gasteiger partial charge is 0.254 e. The number of benzene rings is 1. The first-order chi connectivity index (χ1) is 12.2. The summed E-state index contributed by atoms with van der Waals surface area (Å²) in [5.41, 5.74) is 2.34. The van der Waals surface area contributed by atoms with E-state index in [1.165, 1.54) is 11.8 Å². The van der Waals surface area contributed by atoms with Crippen molar-refractivity contribution in [2.24, 2.45) is 0 Å². The van der Waals surface area contributed by atoms with Crippen molar-refractivity contribution in [2.45, 2.75) is 10.9 Å². The van der Waals surface area contributed by atoms with Gasteiger partial charge in [0.1, 0.15) is 0 Å². The Labute approximate surface area is 150 Å². The highest BCUT2D eigenvalue weighted by atomic mass is 32.2. The molecule has 0 spiro atoms. The topological polar surface area (TPSA) is 74.3 Å². The van der Waals surface area contributed by atoms with E-state index in [1.807, 2.05) is 35.4 Å². The van der Waals surface area contributed by atoms with E-state index in [1.54, 1.807) is 12.3 Å². The SMILES string of the molecule is O=C1CSc2ccc(C(=O)N3CCNCC3c3cccnc3)cc2N1. The monoisotopic (exact) mass is 354 g/mol.